The quantitative estimate of drug-likeness (QED) is 0.620. The van der Waals surface area contributed by atoms with Gasteiger partial charge in [0.15, 0.2) is 0 Å². The first kappa shape index (κ1) is 6.63. The van der Waals surface area contributed by atoms with E-state index in [0.717, 1.165) is 5.76 Å². The number of hydrogen-bond donors (Lipinski definition) is 0. The van der Waals surface area contributed by atoms with Crippen LogP contribution in [0.1, 0.15) is 12.2 Å². The minimum absolute atomic E-state index is 0.431. The Balaban J connectivity index is 2.49. The minimum Gasteiger partial charge on any atom is -0.465 e. The zero-order chi connectivity index (χ0) is 7.23. The summed E-state index contributed by atoms with van der Waals surface area (Å²) in [5.74, 6) is 0.787. The van der Waals surface area contributed by atoms with Crippen molar-refractivity contribution in [3.8, 4) is 6.07 Å². The molecule has 2 heteroatoms. The highest BCUT2D eigenvalue weighted by molar-refractivity contribution is 5.42. The second-order valence-corrected chi connectivity index (χ2v) is 1.78. The highest BCUT2D eigenvalue weighted by Crippen LogP contribution is 2.02. The molecule has 2 nitrogen and oxygen atoms in total. The molecule has 0 spiro atoms. The molecule has 1 aromatic rings. The van der Waals surface area contributed by atoms with Crippen LogP contribution in [0.15, 0.2) is 28.9 Å². The number of allylic oxidation sites excluding steroid dienone is 1. The summed E-state index contributed by atoms with van der Waals surface area (Å²) in [5.41, 5.74) is 0. The van der Waals surface area contributed by atoms with Gasteiger partial charge < -0.3 is 4.42 Å². The zero-order valence-corrected chi connectivity index (χ0v) is 5.45. The SMILES string of the molecule is N#CC/C=C/c1ccco1. The van der Waals surface area contributed by atoms with Gasteiger partial charge in [0.2, 0.25) is 0 Å². The molecule has 0 N–H and O–H groups in total. The molecular weight excluding hydrogens is 126 g/mol. The number of nitrogens with zero attached hydrogens (tertiary/aromatic N) is 1. The van der Waals surface area contributed by atoms with E-state index in [4.69, 9.17) is 9.68 Å². The lowest BCUT2D eigenvalue weighted by atomic mass is 10.3. The Kier molecular flexibility index (Phi) is 2.33. The van der Waals surface area contributed by atoms with Gasteiger partial charge in [0.1, 0.15) is 5.76 Å². The van der Waals surface area contributed by atoms with Gasteiger partial charge in [0.05, 0.1) is 18.8 Å². The van der Waals surface area contributed by atoms with Crippen LogP contribution < -0.4 is 0 Å². The molecule has 0 aromatic carbocycles. The van der Waals surface area contributed by atoms with Gasteiger partial charge in [-0.3, -0.25) is 0 Å². The molecule has 1 rings (SSSR count). The van der Waals surface area contributed by atoms with Crippen LogP contribution in [-0.2, 0) is 0 Å². The summed E-state index contributed by atoms with van der Waals surface area (Å²) in [6, 6.07) is 5.65. The van der Waals surface area contributed by atoms with Crippen LogP contribution in [0, 0.1) is 11.3 Å². The number of rotatable bonds is 2. The average Bonchev–Trinajstić information content (AvgIpc) is 2.41. The Morgan fingerprint density at radius 1 is 1.70 bits per heavy atom. The molecule has 0 aliphatic heterocycles. The first-order valence-electron chi connectivity index (χ1n) is 3.00. The molecule has 0 bridgehead atoms. The Bertz CT molecular complexity index is 241. The third kappa shape index (κ3) is 1.79. The second-order valence-electron chi connectivity index (χ2n) is 1.78. The molecule has 0 radical (unpaired) electrons. The van der Waals surface area contributed by atoms with Crippen molar-refractivity contribution in [1.82, 2.24) is 0 Å². The zero-order valence-electron chi connectivity index (χ0n) is 5.45. The van der Waals surface area contributed by atoms with E-state index in [9.17, 15) is 0 Å². The standard InChI is InChI=1S/C8H7NO/c9-6-2-1-4-8-5-3-7-10-8/h1,3-5,7H,2H2/b4-1+. The van der Waals surface area contributed by atoms with Gasteiger partial charge in [-0.25, -0.2) is 0 Å². The predicted molar refractivity (Wildman–Crippen MR) is 38.0 cm³/mol. The van der Waals surface area contributed by atoms with Gasteiger partial charge in [0, 0.05) is 0 Å². The molecular formula is C8H7NO. The summed E-state index contributed by atoms with van der Waals surface area (Å²) in [7, 11) is 0. The molecule has 1 aromatic heterocycles. The van der Waals surface area contributed by atoms with E-state index in [1.807, 2.05) is 18.2 Å². The molecule has 10 heavy (non-hydrogen) atoms. The average molecular weight is 133 g/mol. The first-order valence-corrected chi connectivity index (χ1v) is 3.00. The molecule has 0 amide bonds. The molecule has 50 valence electrons. The fourth-order valence-electron chi connectivity index (χ4n) is 0.614. The second kappa shape index (κ2) is 3.52. The van der Waals surface area contributed by atoms with Crippen molar-refractivity contribution in [2.24, 2.45) is 0 Å². The van der Waals surface area contributed by atoms with Gasteiger partial charge in [-0.15, -0.1) is 0 Å². The fraction of sp³-hybridized carbons (Fsp3) is 0.125. The Morgan fingerprint density at radius 2 is 2.60 bits per heavy atom. The molecule has 0 aliphatic carbocycles. The van der Waals surface area contributed by atoms with E-state index < -0.39 is 0 Å². The Hall–Kier alpha value is -1.49. The van der Waals surface area contributed by atoms with Crippen molar-refractivity contribution in [2.45, 2.75) is 6.42 Å². The summed E-state index contributed by atoms with van der Waals surface area (Å²) in [5, 5.41) is 8.16. The van der Waals surface area contributed by atoms with Gasteiger partial charge in [-0.1, -0.05) is 6.08 Å². The highest BCUT2D eigenvalue weighted by Gasteiger charge is 1.84. The molecule has 1 heterocycles. The van der Waals surface area contributed by atoms with Crippen LogP contribution in [0.5, 0.6) is 0 Å². The van der Waals surface area contributed by atoms with Crippen LogP contribution >= 0.6 is 0 Å². The largest absolute Gasteiger partial charge is 0.465 e. The summed E-state index contributed by atoms with van der Waals surface area (Å²) in [4.78, 5) is 0. The maximum absolute atomic E-state index is 8.16. The molecule has 0 saturated heterocycles. The van der Waals surface area contributed by atoms with E-state index in [1.54, 1.807) is 18.4 Å². The van der Waals surface area contributed by atoms with E-state index in [0.29, 0.717) is 6.42 Å². The number of hydrogen-bond acceptors (Lipinski definition) is 2. The minimum atomic E-state index is 0.431. The molecule has 0 atom stereocenters. The third-order valence-electron chi connectivity index (χ3n) is 1.03. The summed E-state index contributed by atoms with van der Waals surface area (Å²) in [6.07, 6.45) is 5.58. The van der Waals surface area contributed by atoms with Crippen molar-refractivity contribution < 1.29 is 4.42 Å². The highest BCUT2D eigenvalue weighted by atomic mass is 16.3. The normalized spacial score (nSPS) is 9.90. The van der Waals surface area contributed by atoms with Crippen LogP contribution in [0.4, 0.5) is 0 Å². The maximum Gasteiger partial charge on any atom is 0.126 e. The lowest BCUT2D eigenvalue weighted by Gasteiger charge is -1.78. The Labute approximate surface area is 59.4 Å². The lowest BCUT2D eigenvalue weighted by Crippen LogP contribution is -1.59. The first-order chi connectivity index (χ1) is 4.93. The van der Waals surface area contributed by atoms with Crippen molar-refractivity contribution >= 4 is 6.08 Å². The van der Waals surface area contributed by atoms with Gasteiger partial charge in [-0.05, 0) is 18.2 Å². The summed E-state index contributed by atoms with van der Waals surface area (Å²) in [6.45, 7) is 0. The number of nitriles is 1. The third-order valence-corrected chi connectivity index (χ3v) is 1.03. The van der Waals surface area contributed by atoms with E-state index in [-0.39, 0.29) is 0 Å². The monoisotopic (exact) mass is 133 g/mol. The van der Waals surface area contributed by atoms with Crippen LogP contribution in [0.2, 0.25) is 0 Å². The topological polar surface area (TPSA) is 36.9 Å². The molecule has 0 fully saturated rings. The van der Waals surface area contributed by atoms with E-state index >= 15 is 0 Å². The lowest BCUT2D eigenvalue weighted by molar-refractivity contribution is 0.557. The molecule has 0 saturated carbocycles. The smallest absolute Gasteiger partial charge is 0.126 e. The van der Waals surface area contributed by atoms with E-state index in [2.05, 4.69) is 0 Å². The van der Waals surface area contributed by atoms with Crippen LogP contribution in [0.25, 0.3) is 6.08 Å². The van der Waals surface area contributed by atoms with Crippen LogP contribution in [0.3, 0.4) is 0 Å². The van der Waals surface area contributed by atoms with Crippen molar-refractivity contribution in [1.29, 1.82) is 5.26 Å². The summed E-state index contributed by atoms with van der Waals surface area (Å²) < 4.78 is 4.98. The number of furan rings is 1. The molecule has 0 unspecified atom stereocenters. The van der Waals surface area contributed by atoms with Gasteiger partial charge in [0.25, 0.3) is 0 Å². The van der Waals surface area contributed by atoms with Gasteiger partial charge in [-0.2, -0.15) is 5.26 Å². The van der Waals surface area contributed by atoms with E-state index in [1.165, 1.54) is 0 Å². The van der Waals surface area contributed by atoms with Gasteiger partial charge >= 0.3 is 0 Å². The predicted octanol–water partition coefficient (Wildman–Crippen LogP) is 2.21. The van der Waals surface area contributed by atoms with Crippen molar-refractivity contribution in [3.63, 3.8) is 0 Å². The molecule has 0 aliphatic rings. The maximum atomic E-state index is 8.16. The van der Waals surface area contributed by atoms with Crippen molar-refractivity contribution in [2.75, 3.05) is 0 Å². The van der Waals surface area contributed by atoms with Crippen molar-refractivity contribution in [3.05, 3.63) is 30.2 Å². The van der Waals surface area contributed by atoms with Crippen LogP contribution in [-0.4, -0.2) is 0 Å². The summed E-state index contributed by atoms with van der Waals surface area (Å²) >= 11 is 0. The fourth-order valence-corrected chi connectivity index (χ4v) is 0.614. The Morgan fingerprint density at radius 3 is 3.20 bits per heavy atom.